The van der Waals surface area contributed by atoms with Crippen LogP contribution in [0.25, 0.3) is 0 Å². The molecule has 1 aromatic heterocycles. The minimum Gasteiger partial charge on any atom is -0.315 e. The van der Waals surface area contributed by atoms with Crippen molar-refractivity contribution < 1.29 is 0 Å². The predicted octanol–water partition coefficient (Wildman–Crippen LogP) is 1.97. The number of hydrogen-bond donors (Lipinski definition) is 2. The van der Waals surface area contributed by atoms with Gasteiger partial charge in [0.25, 0.3) is 0 Å². The molecular formula is C15H19N3OS. The van der Waals surface area contributed by atoms with Crippen LogP contribution in [-0.2, 0) is 6.54 Å². The first kappa shape index (κ1) is 13.5. The van der Waals surface area contributed by atoms with Gasteiger partial charge in [0.15, 0.2) is 0 Å². The molecule has 1 aliphatic heterocycles. The van der Waals surface area contributed by atoms with Crippen LogP contribution in [0.2, 0.25) is 0 Å². The minimum absolute atomic E-state index is 0.0348. The summed E-state index contributed by atoms with van der Waals surface area (Å²) in [6.45, 7) is 3.90. The maximum absolute atomic E-state index is 11.2. The van der Waals surface area contributed by atoms with Gasteiger partial charge in [0, 0.05) is 30.2 Å². The SMILES string of the molecule is O=c1[nH]c(CN2CCCNC(c3ccccc3)C2)cs1. The van der Waals surface area contributed by atoms with Crippen LogP contribution < -0.4 is 10.2 Å². The summed E-state index contributed by atoms with van der Waals surface area (Å²) >= 11 is 1.24. The van der Waals surface area contributed by atoms with Gasteiger partial charge in [-0.05, 0) is 25.1 Å². The van der Waals surface area contributed by atoms with Gasteiger partial charge >= 0.3 is 4.87 Å². The molecule has 1 saturated heterocycles. The fraction of sp³-hybridized carbons (Fsp3) is 0.400. The van der Waals surface area contributed by atoms with Crippen molar-refractivity contribution in [1.82, 2.24) is 15.2 Å². The first-order chi connectivity index (χ1) is 9.81. The highest BCUT2D eigenvalue weighted by molar-refractivity contribution is 7.07. The molecule has 5 heteroatoms. The molecule has 1 atom stereocenters. The number of hydrogen-bond acceptors (Lipinski definition) is 4. The highest BCUT2D eigenvalue weighted by Gasteiger charge is 2.19. The number of nitrogens with one attached hydrogen (secondary N) is 2. The second-order valence-corrected chi connectivity index (χ2v) is 6.02. The Morgan fingerprint density at radius 1 is 1.30 bits per heavy atom. The molecule has 1 fully saturated rings. The number of benzene rings is 1. The largest absolute Gasteiger partial charge is 0.315 e. The number of aromatic amines is 1. The predicted molar refractivity (Wildman–Crippen MR) is 82.0 cm³/mol. The maximum atomic E-state index is 11.2. The lowest BCUT2D eigenvalue weighted by molar-refractivity contribution is 0.258. The summed E-state index contributed by atoms with van der Waals surface area (Å²) in [5, 5.41) is 5.54. The van der Waals surface area contributed by atoms with Gasteiger partial charge in [0.05, 0.1) is 0 Å². The van der Waals surface area contributed by atoms with Crippen molar-refractivity contribution in [3.8, 4) is 0 Å². The molecule has 2 aromatic rings. The van der Waals surface area contributed by atoms with E-state index in [1.165, 1.54) is 16.9 Å². The highest BCUT2D eigenvalue weighted by atomic mass is 32.1. The van der Waals surface area contributed by atoms with Crippen molar-refractivity contribution in [2.75, 3.05) is 19.6 Å². The molecule has 20 heavy (non-hydrogen) atoms. The van der Waals surface area contributed by atoms with Crippen LogP contribution in [0.4, 0.5) is 0 Å². The van der Waals surface area contributed by atoms with E-state index in [0.29, 0.717) is 6.04 Å². The average Bonchev–Trinajstić information content (AvgIpc) is 2.74. The molecule has 1 unspecified atom stereocenters. The van der Waals surface area contributed by atoms with Gasteiger partial charge in [-0.2, -0.15) is 0 Å². The quantitative estimate of drug-likeness (QED) is 0.908. The summed E-state index contributed by atoms with van der Waals surface area (Å²) < 4.78 is 0. The van der Waals surface area contributed by atoms with Crippen LogP contribution in [-0.4, -0.2) is 29.5 Å². The van der Waals surface area contributed by atoms with Crippen LogP contribution >= 0.6 is 11.3 Å². The fourth-order valence-electron chi connectivity index (χ4n) is 2.68. The molecule has 3 rings (SSSR count). The molecule has 1 aliphatic rings. The average molecular weight is 289 g/mol. The topological polar surface area (TPSA) is 48.1 Å². The number of H-pyrrole nitrogens is 1. The first-order valence-corrected chi connectivity index (χ1v) is 7.86. The Balaban J connectivity index is 1.70. The number of aromatic nitrogens is 1. The van der Waals surface area contributed by atoms with Crippen molar-refractivity contribution in [2.45, 2.75) is 19.0 Å². The van der Waals surface area contributed by atoms with Gasteiger partial charge in [0.1, 0.15) is 0 Å². The van der Waals surface area contributed by atoms with E-state index in [1.807, 2.05) is 11.4 Å². The number of rotatable bonds is 3. The maximum Gasteiger partial charge on any atom is 0.304 e. The second kappa shape index (κ2) is 6.35. The van der Waals surface area contributed by atoms with Crippen LogP contribution in [0.1, 0.15) is 23.7 Å². The Hall–Kier alpha value is -1.43. The standard InChI is InChI=1S/C15H19N3OS/c19-15-17-13(11-20-15)9-18-8-4-7-16-14(10-18)12-5-2-1-3-6-12/h1-3,5-6,11,14,16H,4,7-10H2,(H,17,19). The molecule has 0 bridgehead atoms. The van der Waals surface area contributed by atoms with Crippen molar-refractivity contribution in [2.24, 2.45) is 0 Å². The monoisotopic (exact) mass is 289 g/mol. The van der Waals surface area contributed by atoms with Crippen molar-refractivity contribution >= 4 is 11.3 Å². The van der Waals surface area contributed by atoms with Gasteiger partial charge in [-0.15, -0.1) is 0 Å². The molecule has 2 heterocycles. The van der Waals surface area contributed by atoms with Crippen molar-refractivity contribution in [3.05, 3.63) is 56.6 Å². The van der Waals surface area contributed by atoms with Crippen LogP contribution in [0.15, 0.2) is 40.5 Å². The highest BCUT2D eigenvalue weighted by Crippen LogP contribution is 2.18. The molecule has 1 aromatic carbocycles. The van der Waals surface area contributed by atoms with E-state index in [1.54, 1.807) is 0 Å². The fourth-order valence-corrected chi connectivity index (χ4v) is 3.25. The molecule has 0 amide bonds. The molecule has 106 valence electrons. The Morgan fingerprint density at radius 3 is 2.90 bits per heavy atom. The molecular weight excluding hydrogens is 270 g/mol. The first-order valence-electron chi connectivity index (χ1n) is 6.98. The van der Waals surface area contributed by atoms with Gasteiger partial charge < -0.3 is 10.3 Å². The summed E-state index contributed by atoms with van der Waals surface area (Å²) in [7, 11) is 0. The Kier molecular flexibility index (Phi) is 4.30. The van der Waals surface area contributed by atoms with E-state index in [-0.39, 0.29) is 4.87 Å². The molecule has 0 spiro atoms. The smallest absolute Gasteiger partial charge is 0.304 e. The van der Waals surface area contributed by atoms with Crippen molar-refractivity contribution in [3.63, 3.8) is 0 Å². The molecule has 4 nitrogen and oxygen atoms in total. The van der Waals surface area contributed by atoms with Crippen LogP contribution in [0.3, 0.4) is 0 Å². The Labute approximate surface area is 122 Å². The summed E-state index contributed by atoms with van der Waals surface area (Å²) in [4.78, 5) is 16.6. The zero-order valence-corrected chi connectivity index (χ0v) is 12.2. The third kappa shape index (κ3) is 3.36. The van der Waals surface area contributed by atoms with E-state index < -0.39 is 0 Å². The van der Waals surface area contributed by atoms with E-state index in [0.717, 1.165) is 38.3 Å². The lowest BCUT2D eigenvalue weighted by Crippen LogP contribution is -2.31. The Bertz CT molecular complexity index is 592. The van der Waals surface area contributed by atoms with E-state index >= 15 is 0 Å². The molecule has 0 radical (unpaired) electrons. The van der Waals surface area contributed by atoms with E-state index in [2.05, 4.69) is 39.5 Å². The number of nitrogens with zero attached hydrogens (tertiary/aromatic N) is 1. The van der Waals surface area contributed by atoms with E-state index in [4.69, 9.17) is 0 Å². The lowest BCUT2D eigenvalue weighted by atomic mass is 10.1. The normalized spacial score (nSPS) is 20.7. The van der Waals surface area contributed by atoms with Gasteiger partial charge in [-0.3, -0.25) is 9.69 Å². The molecule has 0 aliphatic carbocycles. The van der Waals surface area contributed by atoms with Crippen LogP contribution in [0, 0.1) is 0 Å². The van der Waals surface area contributed by atoms with Gasteiger partial charge in [-0.25, -0.2) is 0 Å². The van der Waals surface area contributed by atoms with Crippen molar-refractivity contribution in [1.29, 1.82) is 0 Å². The van der Waals surface area contributed by atoms with Gasteiger partial charge in [0.2, 0.25) is 0 Å². The Morgan fingerprint density at radius 2 is 2.15 bits per heavy atom. The zero-order chi connectivity index (χ0) is 13.8. The molecule has 2 N–H and O–H groups in total. The summed E-state index contributed by atoms with van der Waals surface area (Å²) in [6.07, 6.45) is 1.14. The summed E-state index contributed by atoms with van der Waals surface area (Å²) in [6, 6.07) is 10.9. The minimum atomic E-state index is 0.0348. The second-order valence-electron chi connectivity index (χ2n) is 5.18. The van der Waals surface area contributed by atoms with Crippen LogP contribution in [0.5, 0.6) is 0 Å². The van der Waals surface area contributed by atoms with Gasteiger partial charge in [-0.1, -0.05) is 41.7 Å². The summed E-state index contributed by atoms with van der Waals surface area (Å²) in [5.74, 6) is 0. The summed E-state index contributed by atoms with van der Waals surface area (Å²) in [5.41, 5.74) is 2.35. The lowest BCUT2D eigenvalue weighted by Gasteiger charge is -2.24. The molecule has 0 saturated carbocycles. The van der Waals surface area contributed by atoms with E-state index in [9.17, 15) is 4.79 Å². The third-order valence-electron chi connectivity index (χ3n) is 3.65. The third-order valence-corrected chi connectivity index (χ3v) is 4.37. The number of thiazole rings is 1. The zero-order valence-electron chi connectivity index (χ0n) is 11.3.